The van der Waals surface area contributed by atoms with Gasteiger partial charge in [0.15, 0.2) is 0 Å². The summed E-state index contributed by atoms with van der Waals surface area (Å²) in [6.45, 7) is 4.12. The van der Waals surface area contributed by atoms with Crippen molar-refractivity contribution in [3.05, 3.63) is 29.5 Å². The zero-order valence-corrected chi connectivity index (χ0v) is 15.8. The number of aryl methyl sites for hydroxylation is 1. The minimum absolute atomic E-state index is 0.0488. The van der Waals surface area contributed by atoms with Gasteiger partial charge in [-0.25, -0.2) is 0 Å². The molecule has 2 aromatic rings. The van der Waals surface area contributed by atoms with E-state index in [0.29, 0.717) is 18.2 Å². The third-order valence-electron chi connectivity index (χ3n) is 5.05. The molecule has 0 radical (unpaired) electrons. The first-order chi connectivity index (χ1) is 12.5. The number of hydrogen-bond donors (Lipinski definition) is 0. The normalized spacial score (nSPS) is 14.7. The first-order valence-electron chi connectivity index (χ1n) is 9.47. The van der Waals surface area contributed by atoms with E-state index < -0.39 is 5.97 Å². The van der Waals surface area contributed by atoms with Gasteiger partial charge in [-0.1, -0.05) is 25.8 Å². The number of nitrogens with zero attached hydrogens (tertiary/aromatic N) is 3. The van der Waals surface area contributed by atoms with Gasteiger partial charge in [-0.05, 0) is 38.3 Å². The van der Waals surface area contributed by atoms with Crippen molar-refractivity contribution in [3.63, 3.8) is 0 Å². The molecule has 0 saturated heterocycles. The average molecular weight is 357 g/mol. The van der Waals surface area contributed by atoms with Crippen molar-refractivity contribution in [2.75, 3.05) is 20.2 Å². The Bertz CT molecular complexity index is 806. The molecule has 6 nitrogen and oxygen atoms in total. The quantitative estimate of drug-likeness (QED) is 0.744. The lowest BCUT2D eigenvalue weighted by molar-refractivity contribution is -0.143. The van der Waals surface area contributed by atoms with Crippen molar-refractivity contribution in [2.24, 2.45) is 0 Å². The maximum atomic E-state index is 12.7. The fourth-order valence-corrected chi connectivity index (χ4v) is 3.72. The summed E-state index contributed by atoms with van der Waals surface area (Å²) in [7, 11) is 1.62. The molecular weight excluding hydrogens is 330 g/mol. The number of rotatable bonds is 6. The molecule has 0 aliphatic heterocycles. The van der Waals surface area contributed by atoms with E-state index in [0.717, 1.165) is 35.9 Å². The van der Waals surface area contributed by atoms with Crippen LogP contribution >= 0.6 is 0 Å². The number of hydrogen-bond acceptors (Lipinski definition) is 4. The van der Waals surface area contributed by atoms with Crippen LogP contribution in [0.15, 0.2) is 18.2 Å². The van der Waals surface area contributed by atoms with E-state index in [1.165, 1.54) is 17.7 Å². The minimum Gasteiger partial charge on any atom is -0.465 e. The van der Waals surface area contributed by atoms with Crippen molar-refractivity contribution in [1.82, 2.24) is 14.7 Å². The summed E-state index contributed by atoms with van der Waals surface area (Å²) in [5, 5.41) is 5.94. The topological polar surface area (TPSA) is 64.4 Å². The van der Waals surface area contributed by atoms with Crippen LogP contribution in [0.1, 0.15) is 61.6 Å². The van der Waals surface area contributed by atoms with Crippen LogP contribution in [0.5, 0.6) is 0 Å². The SMILES string of the molecule is CCOC(=O)CN(C)C(=O)c1ccc2c(CC)nn(C3CCCC3)c2c1. The van der Waals surface area contributed by atoms with Gasteiger partial charge in [0, 0.05) is 18.0 Å². The zero-order chi connectivity index (χ0) is 18.7. The predicted molar refractivity (Wildman–Crippen MR) is 100 cm³/mol. The Morgan fingerprint density at radius 2 is 2.00 bits per heavy atom. The van der Waals surface area contributed by atoms with Crippen molar-refractivity contribution in [1.29, 1.82) is 0 Å². The lowest BCUT2D eigenvalue weighted by Crippen LogP contribution is -2.33. The number of benzene rings is 1. The molecule has 0 N–H and O–H groups in total. The summed E-state index contributed by atoms with van der Waals surface area (Å²) >= 11 is 0. The molecule has 1 saturated carbocycles. The van der Waals surface area contributed by atoms with Gasteiger partial charge < -0.3 is 9.64 Å². The number of likely N-dealkylation sites (N-methyl/N-ethyl adjacent to an activating group) is 1. The molecule has 0 unspecified atom stereocenters. The van der Waals surface area contributed by atoms with Crippen LogP contribution < -0.4 is 0 Å². The standard InChI is InChI=1S/C20H27N3O3/c1-4-17-16-11-10-14(20(25)22(3)13-19(24)26-5-2)12-18(16)23(21-17)15-8-6-7-9-15/h10-12,15H,4-9,13H2,1-3H3. The van der Waals surface area contributed by atoms with Crippen LogP contribution in [0.3, 0.4) is 0 Å². The molecule has 1 aliphatic carbocycles. The van der Waals surface area contributed by atoms with E-state index in [4.69, 9.17) is 9.84 Å². The number of aromatic nitrogens is 2. The van der Waals surface area contributed by atoms with Gasteiger partial charge in [-0.3, -0.25) is 14.3 Å². The van der Waals surface area contributed by atoms with Gasteiger partial charge in [0.25, 0.3) is 5.91 Å². The van der Waals surface area contributed by atoms with Gasteiger partial charge in [0.1, 0.15) is 6.54 Å². The minimum atomic E-state index is -0.395. The lowest BCUT2D eigenvalue weighted by atomic mass is 10.1. The fourth-order valence-electron chi connectivity index (χ4n) is 3.72. The van der Waals surface area contributed by atoms with E-state index in [9.17, 15) is 9.59 Å². The van der Waals surface area contributed by atoms with Crippen LogP contribution in [0.2, 0.25) is 0 Å². The molecule has 6 heteroatoms. The zero-order valence-electron chi connectivity index (χ0n) is 15.8. The Balaban J connectivity index is 1.91. The molecule has 3 rings (SSSR count). The number of esters is 1. The first kappa shape index (κ1) is 18.4. The Labute approximate surface area is 154 Å². The van der Waals surface area contributed by atoms with Crippen LogP contribution in [-0.4, -0.2) is 46.8 Å². The molecule has 0 atom stereocenters. The number of ether oxygens (including phenoxy) is 1. The maximum absolute atomic E-state index is 12.7. The molecule has 140 valence electrons. The second-order valence-corrected chi connectivity index (χ2v) is 6.88. The lowest BCUT2D eigenvalue weighted by Gasteiger charge is -2.17. The Hall–Kier alpha value is -2.37. The van der Waals surface area contributed by atoms with Crippen molar-refractivity contribution in [2.45, 2.75) is 52.0 Å². The van der Waals surface area contributed by atoms with Crippen LogP contribution in [0.25, 0.3) is 10.9 Å². The third kappa shape index (κ3) is 3.59. The summed E-state index contributed by atoms with van der Waals surface area (Å²) in [5.41, 5.74) is 2.67. The average Bonchev–Trinajstić information content (AvgIpc) is 3.27. The molecule has 1 aromatic carbocycles. The highest BCUT2D eigenvalue weighted by Crippen LogP contribution is 2.33. The molecule has 0 spiro atoms. The number of amides is 1. The van der Waals surface area contributed by atoms with Crippen LogP contribution in [0.4, 0.5) is 0 Å². The van der Waals surface area contributed by atoms with E-state index >= 15 is 0 Å². The highest BCUT2D eigenvalue weighted by molar-refractivity contribution is 5.99. The second kappa shape index (κ2) is 7.89. The van der Waals surface area contributed by atoms with Crippen molar-refractivity contribution >= 4 is 22.8 Å². The predicted octanol–water partition coefficient (Wildman–Crippen LogP) is 3.35. The van der Waals surface area contributed by atoms with E-state index in [1.807, 2.05) is 18.2 Å². The second-order valence-electron chi connectivity index (χ2n) is 6.88. The molecule has 1 aromatic heterocycles. The first-order valence-corrected chi connectivity index (χ1v) is 9.47. The molecule has 1 aliphatic rings. The molecule has 26 heavy (non-hydrogen) atoms. The van der Waals surface area contributed by atoms with Crippen molar-refractivity contribution in [3.8, 4) is 0 Å². The number of carbonyl (C=O) groups is 2. The molecule has 0 bridgehead atoms. The van der Waals surface area contributed by atoms with Gasteiger partial charge in [0.2, 0.25) is 0 Å². The molecular formula is C20H27N3O3. The Kier molecular flexibility index (Phi) is 5.59. The summed E-state index contributed by atoms with van der Waals surface area (Å²) in [6.07, 6.45) is 5.61. The van der Waals surface area contributed by atoms with Gasteiger partial charge in [0.05, 0.1) is 23.9 Å². The summed E-state index contributed by atoms with van der Waals surface area (Å²) in [6, 6.07) is 6.15. The highest BCUT2D eigenvalue weighted by atomic mass is 16.5. The molecule has 1 heterocycles. The largest absolute Gasteiger partial charge is 0.465 e. The van der Waals surface area contributed by atoms with E-state index in [2.05, 4.69) is 11.6 Å². The molecule has 1 amide bonds. The third-order valence-corrected chi connectivity index (χ3v) is 5.05. The summed E-state index contributed by atoms with van der Waals surface area (Å²) in [4.78, 5) is 25.8. The van der Waals surface area contributed by atoms with Gasteiger partial charge >= 0.3 is 5.97 Å². The highest BCUT2D eigenvalue weighted by Gasteiger charge is 2.23. The summed E-state index contributed by atoms with van der Waals surface area (Å²) < 4.78 is 7.04. The monoisotopic (exact) mass is 357 g/mol. The maximum Gasteiger partial charge on any atom is 0.325 e. The van der Waals surface area contributed by atoms with Crippen LogP contribution in [0, 0.1) is 0 Å². The number of fused-ring (bicyclic) bond motifs is 1. The smallest absolute Gasteiger partial charge is 0.325 e. The fraction of sp³-hybridized carbons (Fsp3) is 0.550. The van der Waals surface area contributed by atoms with E-state index in [-0.39, 0.29) is 12.5 Å². The summed E-state index contributed by atoms with van der Waals surface area (Å²) in [5.74, 6) is -0.578. The van der Waals surface area contributed by atoms with Crippen molar-refractivity contribution < 1.29 is 14.3 Å². The molecule has 1 fully saturated rings. The number of carbonyl (C=O) groups excluding carboxylic acids is 2. The van der Waals surface area contributed by atoms with E-state index in [1.54, 1.807) is 14.0 Å². The van der Waals surface area contributed by atoms with Gasteiger partial charge in [-0.15, -0.1) is 0 Å². The Morgan fingerprint density at radius 1 is 1.27 bits per heavy atom. The Morgan fingerprint density at radius 3 is 2.65 bits per heavy atom. The van der Waals surface area contributed by atoms with Gasteiger partial charge in [-0.2, -0.15) is 5.10 Å². The van der Waals surface area contributed by atoms with Crippen LogP contribution in [-0.2, 0) is 16.0 Å².